The lowest BCUT2D eigenvalue weighted by Crippen LogP contribution is -2.10. The van der Waals surface area contributed by atoms with Gasteiger partial charge in [0.25, 0.3) is 0 Å². The van der Waals surface area contributed by atoms with E-state index in [4.69, 9.17) is 4.74 Å². The molecule has 0 saturated carbocycles. The van der Waals surface area contributed by atoms with E-state index in [1.807, 2.05) is 74.5 Å². The third-order valence-corrected chi connectivity index (χ3v) is 3.48. The molecule has 2 aromatic carbocycles. The number of hydrogen-bond acceptors (Lipinski definition) is 3. The minimum absolute atomic E-state index is 0.639. The van der Waals surface area contributed by atoms with Crippen LogP contribution >= 0.6 is 0 Å². The van der Waals surface area contributed by atoms with Crippen molar-refractivity contribution in [1.82, 2.24) is 0 Å². The van der Waals surface area contributed by atoms with Gasteiger partial charge in [-0.3, -0.25) is 0 Å². The second-order valence-corrected chi connectivity index (χ2v) is 5.36. The number of hydrogen-bond donors (Lipinski definition) is 0. The van der Waals surface area contributed by atoms with Gasteiger partial charge in [-0.2, -0.15) is 5.26 Å². The number of methoxy groups -OCH3 is 1. The predicted molar refractivity (Wildman–Crippen MR) is 92.0 cm³/mol. The van der Waals surface area contributed by atoms with Gasteiger partial charge in [-0.15, -0.1) is 0 Å². The zero-order chi connectivity index (χ0) is 16.1. The number of rotatable bonds is 4. The fourth-order valence-corrected chi connectivity index (χ4v) is 2.23. The largest absolute Gasteiger partial charge is 0.495 e. The van der Waals surface area contributed by atoms with Gasteiger partial charge in [0.05, 0.1) is 24.4 Å². The molecule has 0 aromatic heterocycles. The van der Waals surface area contributed by atoms with Crippen molar-refractivity contribution in [2.75, 3.05) is 26.1 Å². The maximum atomic E-state index is 9.42. The van der Waals surface area contributed by atoms with Gasteiger partial charge in [0, 0.05) is 14.1 Å². The van der Waals surface area contributed by atoms with E-state index in [0.717, 1.165) is 22.6 Å². The molecular weight excluding hydrogens is 272 g/mol. The molecule has 0 aliphatic heterocycles. The molecule has 0 radical (unpaired) electrons. The minimum Gasteiger partial charge on any atom is -0.495 e. The van der Waals surface area contributed by atoms with E-state index < -0.39 is 0 Å². The van der Waals surface area contributed by atoms with Crippen molar-refractivity contribution in [1.29, 1.82) is 5.26 Å². The van der Waals surface area contributed by atoms with Crippen molar-refractivity contribution in [3.8, 4) is 11.8 Å². The Kier molecular flexibility index (Phi) is 4.85. The molecule has 0 saturated heterocycles. The Labute approximate surface area is 132 Å². The molecule has 3 nitrogen and oxygen atoms in total. The summed E-state index contributed by atoms with van der Waals surface area (Å²) in [7, 11) is 5.60. The number of benzene rings is 2. The fraction of sp³-hybridized carbons (Fsp3) is 0.211. The first-order chi connectivity index (χ1) is 10.5. The monoisotopic (exact) mass is 292 g/mol. The van der Waals surface area contributed by atoms with E-state index in [1.54, 1.807) is 7.11 Å². The van der Waals surface area contributed by atoms with Gasteiger partial charge in [-0.1, -0.05) is 35.9 Å². The van der Waals surface area contributed by atoms with Crippen LogP contribution in [0.2, 0.25) is 0 Å². The first kappa shape index (κ1) is 15.7. The number of ether oxygens (including phenoxy) is 1. The molecule has 0 fully saturated rings. The predicted octanol–water partition coefficient (Wildman–Crippen LogP) is 4.13. The summed E-state index contributed by atoms with van der Waals surface area (Å²) in [6.07, 6.45) is 1.88. The van der Waals surface area contributed by atoms with E-state index in [-0.39, 0.29) is 0 Å². The lowest BCUT2D eigenvalue weighted by Gasteiger charge is -2.16. The van der Waals surface area contributed by atoms with Crippen molar-refractivity contribution < 1.29 is 4.74 Å². The maximum Gasteiger partial charge on any atom is 0.142 e. The van der Waals surface area contributed by atoms with Crippen LogP contribution in [0, 0.1) is 18.3 Å². The summed E-state index contributed by atoms with van der Waals surface area (Å²) in [4.78, 5) is 2.00. The molecule has 0 unspecified atom stereocenters. The summed E-state index contributed by atoms with van der Waals surface area (Å²) in [5.74, 6) is 0.792. The number of nitrogens with zero attached hydrogens (tertiary/aromatic N) is 2. The second-order valence-electron chi connectivity index (χ2n) is 5.36. The maximum absolute atomic E-state index is 9.42. The molecule has 0 heterocycles. The van der Waals surface area contributed by atoms with Crippen molar-refractivity contribution in [2.24, 2.45) is 0 Å². The smallest absolute Gasteiger partial charge is 0.142 e. The zero-order valence-corrected chi connectivity index (χ0v) is 13.4. The second kappa shape index (κ2) is 6.82. The van der Waals surface area contributed by atoms with Crippen molar-refractivity contribution in [2.45, 2.75) is 6.92 Å². The summed E-state index contributed by atoms with van der Waals surface area (Å²) < 4.78 is 5.43. The van der Waals surface area contributed by atoms with Gasteiger partial charge in [0.2, 0.25) is 0 Å². The van der Waals surface area contributed by atoms with Crippen LogP contribution in [0.5, 0.6) is 5.75 Å². The average molecular weight is 292 g/mol. The Morgan fingerprint density at radius 1 is 1.14 bits per heavy atom. The van der Waals surface area contributed by atoms with Crippen LogP contribution in [0.3, 0.4) is 0 Å². The highest BCUT2D eigenvalue weighted by Gasteiger charge is 2.07. The Morgan fingerprint density at radius 3 is 2.36 bits per heavy atom. The van der Waals surface area contributed by atoms with E-state index in [0.29, 0.717) is 5.57 Å². The van der Waals surface area contributed by atoms with Gasteiger partial charge < -0.3 is 9.64 Å². The lowest BCUT2D eigenvalue weighted by atomic mass is 10.0. The zero-order valence-electron chi connectivity index (χ0n) is 13.4. The van der Waals surface area contributed by atoms with Gasteiger partial charge in [0.1, 0.15) is 5.75 Å². The van der Waals surface area contributed by atoms with Gasteiger partial charge in [-0.05, 0) is 36.3 Å². The van der Waals surface area contributed by atoms with E-state index in [1.165, 1.54) is 5.56 Å². The van der Waals surface area contributed by atoms with E-state index in [2.05, 4.69) is 6.07 Å². The molecule has 112 valence electrons. The molecule has 0 aliphatic carbocycles. The molecule has 0 spiro atoms. The standard InChI is InChI=1S/C19H20N2O/c1-14-5-8-16(9-6-14)17(13-20)11-15-7-10-18(21(2)3)19(12-15)22-4/h5-12H,1-4H3. The van der Waals surface area contributed by atoms with E-state index in [9.17, 15) is 5.26 Å². The lowest BCUT2D eigenvalue weighted by molar-refractivity contribution is 0.415. The van der Waals surface area contributed by atoms with Crippen molar-refractivity contribution in [3.05, 3.63) is 59.2 Å². The molecule has 22 heavy (non-hydrogen) atoms. The van der Waals surface area contributed by atoms with E-state index >= 15 is 0 Å². The number of anilines is 1. The van der Waals surface area contributed by atoms with Gasteiger partial charge >= 0.3 is 0 Å². The molecular formula is C19H20N2O. The van der Waals surface area contributed by atoms with Crippen LogP contribution in [-0.4, -0.2) is 21.2 Å². The Balaban J connectivity index is 2.42. The summed E-state index contributed by atoms with van der Waals surface area (Å²) in [6.45, 7) is 2.03. The number of allylic oxidation sites excluding steroid dienone is 1. The Morgan fingerprint density at radius 2 is 1.82 bits per heavy atom. The normalized spacial score (nSPS) is 11.0. The highest BCUT2D eigenvalue weighted by molar-refractivity contribution is 5.90. The summed E-state index contributed by atoms with van der Waals surface area (Å²) in [5, 5.41) is 9.42. The average Bonchev–Trinajstić information content (AvgIpc) is 2.53. The summed E-state index contributed by atoms with van der Waals surface area (Å²) in [5.41, 5.74) is 4.69. The first-order valence-corrected chi connectivity index (χ1v) is 7.09. The Bertz CT molecular complexity index is 722. The van der Waals surface area contributed by atoms with Crippen LogP contribution < -0.4 is 9.64 Å². The molecule has 0 amide bonds. The quantitative estimate of drug-likeness (QED) is 0.628. The van der Waals surface area contributed by atoms with Gasteiger partial charge in [-0.25, -0.2) is 0 Å². The third-order valence-electron chi connectivity index (χ3n) is 3.48. The summed E-state index contributed by atoms with van der Waals surface area (Å²) in [6, 6.07) is 16.2. The fourth-order valence-electron chi connectivity index (χ4n) is 2.23. The molecule has 2 rings (SSSR count). The minimum atomic E-state index is 0.639. The van der Waals surface area contributed by atoms with Crippen molar-refractivity contribution in [3.63, 3.8) is 0 Å². The number of nitriles is 1. The molecule has 3 heteroatoms. The van der Waals surface area contributed by atoms with Gasteiger partial charge in [0.15, 0.2) is 0 Å². The van der Waals surface area contributed by atoms with Crippen LogP contribution in [0.1, 0.15) is 16.7 Å². The first-order valence-electron chi connectivity index (χ1n) is 7.09. The molecule has 0 N–H and O–H groups in total. The van der Waals surface area contributed by atoms with Crippen molar-refractivity contribution >= 4 is 17.3 Å². The highest BCUT2D eigenvalue weighted by atomic mass is 16.5. The topological polar surface area (TPSA) is 36.3 Å². The highest BCUT2D eigenvalue weighted by Crippen LogP contribution is 2.29. The van der Waals surface area contributed by atoms with Crippen LogP contribution in [0.4, 0.5) is 5.69 Å². The number of aryl methyl sites for hydroxylation is 1. The van der Waals surface area contributed by atoms with Crippen LogP contribution in [0.15, 0.2) is 42.5 Å². The third kappa shape index (κ3) is 3.48. The molecule has 0 atom stereocenters. The SMILES string of the molecule is COc1cc(C=C(C#N)c2ccc(C)cc2)ccc1N(C)C. The molecule has 2 aromatic rings. The Hall–Kier alpha value is -2.73. The van der Waals surface area contributed by atoms with Crippen LogP contribution in [0.25, 0.3) is 11.6 Å². The summed E-state index contributed by atoms with van der Waals surface area (Å²) >= 11 is 0. The van der Waals surface area contributed by atoms with Crippen LogP contribution in [-0.2, 0) is 0 Å². The molecule has 0 bridgehead atoms. The molecule has 0 aliphatic rings.